The first-order valence-electron chi connectivity index (χ1n) is 9.24. The number of carbonyl (C=O) groups is 2. The third-order valence-corrected chi connectivity index (χ3v) is 5.80. The lowest BCUT2D eigenvalue weighted by Gasteiger charge is -2.23. The van der Waals surface area contributed by atoms with Crippen LogP contribution < -0.4 is 15.0 Å². The van der Waals surface area contributed by atoms with Gasteiger partial charge in [-0.25, -0.2) is 0 Å². The number of benzene rings is 1. The second kappa shape index (κ2) is 6.24. The second-order valence-corrected chi connectivity index (χ2v) is 7.32. The van der Waals surface area contributed by atoms with Crippen LogP contribution in [0.5, 0.6) is 5.75 Å². The monoisotopic (exact) mass is 380 g/mol. The predicted molar refractivity (Wildman–Crippen MR) is 99.6 cm³/mol. The average Bonchev–Trinajstić information content (AvgIpc) is 3.48. The standard InChI is InChI=1S/C21H20N2O5/c1-26-14-6-4-13(5-7-14)23-12-21-9-8-16(28-21)17(18(21)20(23)25)19(24)22-11-15-3-2-10-27-15/h2-10,16-18H,11-12H2,1H3,(H,22,24). The normalized spacial score (nSPS) is 30.0. The first kappa shape index (κ1) is 17.1. The van der Waals surface area contributed by atoms with Gasteiger partial charge in [0.25, 0.3) is 0 Å². The van der Waals surface area contributed by atoms with Crippen molar-refractivity contribution in [1.29, 1.82) is 0 Å². The number of amides is 2. The van der Waals surface area contributed by atoms with Gasteiger partial charge in [0, 0.05) is 5.69 Å². The van der Waals surface area contributed by atoms with Crippen LogP contribution in [0.2, 0.25) is 0 Å². The van der Waals surface area contributed by atoms with Crippen molar-refractivity contribution in [3.05, 3.63) is 60.6 Å². The van der Waals surface area contributed by atoms with Crippen molar-refractivity contribution in [1.82, 2.24) is 5.32 Å². The number of ether oxygens (including phenoxy) is 2. The molecular formula is C21H20N2O5. The van der Waals surface area contributed by atoms with Crippen molar-refractivity contribution >= 4 is 17.5 Å². The number of hydrogen-bond donors (Lipinski definition) is 1. The summed E-state index contributed by atoms with van der Waals surface area (Å²) < 4.78 is 16.6. The minimum Gasteiger partial charge on any atom is -0.497 e. The Balaban J connectivity index is 1.38. The van der Waals surface area contributed by atoms with E-state index in [1.807, 2.05) is 36.4 Å². The Morgan fingerprint density at radius 1 is 1.32 bits per heavy atom. The van der Waals surface area contributed by atoms with E-state index in [1.165, 1.54) is 0 Å². The molecule has 2 aromatic rings. The van der Waals surface area contributed by atoms with Gasteiger partial charge < -0.3 is 24.1 Å². The van der Waals surface area contributed by atoms with Crippen molar-refractivity contribution in [3.63, 3.8) is 0 Å². The number of furan rings is 1. The van der Waals surface area contributed by atoms with Gasteiger partial charge in [-0.3, -0.25) is 9.59 Å². The number of nitrogens with one attached hydrogen (secondary N) is 1. The molecule has 2 fully saturated rings. The number of rotatable bonds is 5. The molecule has 1 aromatic carbocycles. The van der Waals surface area contributed by atoms with E-state index < -0.39 is 17.4 Å². The highest BCUT2D eigenvalue weighted by Crippen LogP contribution is 2.52. The fourth-order valence-corrected chi connectivity index (χ4v) is 4.48. The Morgan fingerprint density at radius 3 is 2.86 bits per heavy atom. The third-order valence-electron chi connectivity index (χ3n) is 5.80. The van der Waals surface area contributed by atoms with Crippen LogP contribution in [-0.2, 0) is 20.9 Å². The van der Waals surface area contributed by atoms with E-state index in [1.54, 1.807) is 30.4 Å². The SMILES string of the molecule is COc1ccc(N2CC34C=CC(O3)C(C(=O)NCc3ccco3)C4C2=O)cc1. The van der Waals surface area contributed by atoms with Gasteiger partial charge in [0.05, 0.1) is 44.4 Å². The molecule has 4 heterocycles. The summed E-state index contributed by atoms with van der Waals surface area (Å²) in [5.41, 5.74) is 0.0266. The van der Waals surface area contributed by atoms with Crippen LogP contribution in [0, 0.1) is 11.8 Å². The van der Waals surface area contributed by atoms with Gasteiger partial charge >= 0.3 is 0 Å². The molecule has 0 radical (unpaired) electrons. The summed E-state index contributed by atoms with van der Waals surface area (Å²) in [5.74, 6) is 0.0379. The summed E-state index contributed by atoms with van der Waals surface area (Å²) in [4.78, 5) is 27.8. The molecule has 2 bridgehead atoms. The van der Waals surface area contributed by atoms with Crippen LogP contribution >= 0.6 is 0 Å². The van der Waals surface area contributed by atoms with Gasteiger partial charge in [-0.15, -0.1) is 0 Å². The molecule has 2 amide bonds. The van der Waals surface area contributed by atoms with Gasteiger partial charge in [-0.2, -0.15) is 0 Å². The lowest BCUT2D eigenvalue weighted by Crippen LogP contribution is -2.43. The zero-order chi connectivity index (χ0) is 19.3. The minimum atomic E-state index is -0.742. The summed E-state index contributed by atoms with van der Waals surface area (Å²) in [7, 11) is 1.60. The van der Waals surface area contributed by atoms with Crippen molar-refractivity contribution in [2.24, 2.45) is 11.8 Å². The predicted octanol–water partition coefficient (Wildman–Crippen LogP) is 1.89. The highest BCUT2D eigenvalue weighted by molar-refractivity contribution is 6.03. The molecule has 5 rings (SSSR count). The van der Waals surface area contributed by atoms with E-state index in [0.717, 1.165) is 11.4 Å². The van der Waals surface area contributed by atoms with Crippen molar-refractivity contribution in [2.75, 3.05) is 18.6 Å². The molecule has 3 aliphatic rings. The summed E-state index contributed by atoms with van der Waals surface area (Å²) >= 11 is 0. The quantitative estimate of drug-likeness (QED) is 0.802. The van der Waals surface area contributed by atoms with Crippen LogP contribution in [0.1, 0.15) is 5.76 Å². The first-order chi connectivity index (χ1) is 13.6. The second-order valence-electron chi connectivity index (χ2n) is 7.32. The Labute approximate surface area is 161 Å². The molecule has 1 N–H and O–H groups in total. The maximum atomic E-state index is 13.3. The molecule has 1 spiro atoms. The minimum absolute atomic E-state index is 0.0878. The van der Waals surface area contributed by atoms with Crippen LogP contribution in [0.15, 0.2) is 59.2 Å². The Hall–Kier alpha value is -3.06. The number of anilines is 1. The molecule has 7 heteroatoms. The molecule has 0 aliphatic carbocycles. The van der Waals surface area contributed by atoms with Crippen molar-refractivity contribution < 1.29 is 23.5 Å². The fraction of sp³-hybridized carbons (Fsp3) is 0.333. The first-order valence-corrected chi connectivity index (χ1v) is 9.24. The molecule has 28 heavy (non-hydrogen) atoms. The van der Waals surface area contributed by atoms with Crippen molar-refractivity contribution in [3.8, 4) is 5.75 Å². The molecule has 4 unspecified atom stereocenters. The average molecular weight is 380 g/mol. The summed E-state index contributed by atoms with van der Waals surface area (Å²) in [6, 6.07) is 10.9. The molecule has 0 saturated carbocycles. The topological polar surface area (TPSA) is 81.0 Å². The highest BCUT2D eigenvalue weighted by atomic mass is 16.5. The van der Waals surface area contributed by atoms with E-state index in [9.17, 15) is 9.59 Å². The molecule has 3 aliphatic heterocycles. The van der Waals surface area contributed by atoms with Crippen LogP contribution in [-0.4, -0.2) is 37.2 Å². The zero-order valence-electron chi connectivity index (χ0n) is 15.3. The van der Waals surface area contributed by atoms with E-state index in [0.29, 0.717) is 12.3 Å². The number of hydrogen-bond acceptors (Lipinski definition) is 5. The molecular weight excluding hydrogens is 360 g/mol. The lowest BCUT2D eigenvalue weighted by molar-refractivity contribution is -0.132. The van der Waals surface area contributed by atoms with E-state index in [2.05, 4.69) is 5.32 Å². The lowest BCUT2D eigenvalue weighted by atomic mass is 9.77. The van der Waals surface area contributed by atoms with Crippen LogP contribution in [0.3, 0.4) is 0 Å². The molecule has 144 valence electrons. The van der Waals surface area contributed by atoms with Gasteiger partial charge in [0.2, 0.25) is 11.8 Å². The number of nitrogens with zero attached hydrogens (tertiary/aromatic N) is 1. The molecule has 1 aromatic heterocycles. The summed E-state index contributed by atoms with van der Waals surface area (Å²) in [6.45, 7) is 0.687. The van der Waals surface area contributed by atoms with E-state index >= 15 is 0 Å². The molecule has 4 atom stereocenters. The van der Waals surface area contributed by atoms with E-state index in [-0.39, 0.29) is 24.5 Å². The van der Waals surface area contributed by atoms with Gasteiger partial charge in [0.15, 0.2) is 0 Å². The van der Waals surface area contributed by atoms with Crippen molar-refractivity contribution in [2.45, 2.75) is 18.2 Å². The maximum Gasteiger partial charge on any atom is 0.234 e. The Bertz CT molecular complexity index is 936. The van der Waals surface area contributed by atoms with E-state index in [4.69, 9.17) is 13.9 Å². The highest BCUT2D eigenvalue weighted by Gasteiger charge is 2.67. The maximum absolute atomic E-state index is 13.3. The molecule has 7 nitrogen and oxygen atoms in total. The largest absolute Gasteiger partial charge is 0.497 e. The van der Waals surface area contributed by atoms with Crippen LogP contribution in [0.25, 0.3) is 0 Å². The third kappa shape index (κ3) is 2.46. The zero-order valence-corrected chi connectivity index (χ0v) is 15.3. The molecule has 2 saturated heterocycles. The number of carbonyl (C=O) groups excluding carboxylic acids is 2. The Morgan fingerprint density at radius 2 is 2.14 bits per heavy atom. The van der Waals surface area contributed by atoms with Gasteiger partial charge in [0.1, 0.15) is 17.1 Å². The number of fused-ring (bicyclic) bond motifs is 1. The van der Waals surface area contributed by atoms with Gasteiger partial charge in [-0.1, -0.05) is 12.2 Å². The van der Waals surface area contributed by atoms with Crippen LogP contribution in [0.4, 0.5) is 5.69 Å². The summed E-state index contributed by atoms with van der Waals surface area (Å²) in [5, 5.41) is 2.88. The summed E-state index contributed by atoms with van der Waals surface area (Å²) in [6.07, 6.45) is 5.04. The fourth-order valence-electron chi connectivity index (χ4n) is 4.48. The Kier molecular flexibility index (Phi) is 3.80. The smallest absolute Gasteiger partial charge is 0.234 e. The number of methoxy groups -OCH3 is 1. The van der Waals surface area contributed by atoms with Gasteiger partial charge in [-0.05, 0) is 36.4 Å².